The van der Waals surface area contributed by atoms with Crippen LogP contribution in [0.3, 0.4) is 0 Å². The van der Waals surface area contributed by atoms with Crippen LogP contribution in [0.2, 0.25) is 0 Å². The lowest BCUT2D eigenvalue weighted by Gasteiger charge is -2.30. The van der Waals surface area contributed by atoms with Gasteiger partial charge in [0.2, 0.25) is 0 Å². The highest BCUT2D eigenvalue weighted by molar-refractivity contribution is 4.81. The van der Waals surface area contributed by atoms with Gasteiger partial charge in [-0.15, -0.1) is 0 Å². The monoisotopic (exact) mass is 182 g/mol. The van der Waals surface area contributed by atoms with Gasteiger partial charge in [0.15, 0.2) is 6.67 Å². The van der Waals surface area contributed by atoms with Crippen molar-refractivity contribution in [2.75, 3.05) is 6.67 Å². The molecule has 0 amide bonds. The Labute approximate surface area is 69.6 Å². The van der Waals surface area contributed by atoms with E-state index in [4.69, 9.17) is 5.11 Å². The Balaban J connectivity index is 2.44. The summed E-state index contributed by atoms with van der Waals surface area (Å²) in [4.78, 5) is 0. The summed E-state index contributed by atoms with van der Waals surface area (Å²) >= 11 is 0. The number of aliphatic hydroxyl groups is 1. The van der Waals surface area contributed by atoms with Crippen molar-refractivity contribution in [2.24, 2.45) is 5.92 Å². The fraction of sp³-hybridized carbons (Fsp3) is 1.00. The highest BCUT2D eigenvalue weighted by Gasteiger charge is 2.41. The molecule has 4 heteroatoms. The Morgan fingerprint density at radius 2 is 1.67 bits per heavy atom. The van der Waals surface area contributed by atoms with Crippen molar-refractivity contribution in [3.8, 4) is 0 Å². The summed E-state index contributed by atoms with van der Waals surface area (Å²) in [7, 11) is 0. The third kappa shape index (κ3) is 2.12. The molecule has 1 aliphatic carbocycles. The lowest BCUT2D eigenvalue weighted by Crippen LogP contribution is -2.34. The molecule has 1 nitrogen and oxygen atoms in total. The second-order valence-corrected chi connectivity index (χ2v) is 3.40. The first-order valence-electron chi connectivity index (χ1n) is 4.18. The SMILES string of the molecule is OC1CCC(C(F)(F)CF)CC1. The van der Waals surface area contributed by atoms with E-state index in [0.29, 0.717) is 12.8 Å². The van der Waals surface area contributed by atoms with Gasteiger partial charge in [-0.05, 0) is 25.7 Å². The van der Waals surface area contributed by atoms with Gasteiger partial charge in [0.25, 0.3) is 5.92 Å². The topological polar surface area (TPSA) is 20.2 Å². The molecule has 0 unspecified atom stereocenters. The predicted molar refractivity (Wildman–Crippen MR) is 38.9 cm³/mol. The second kappa shape index (κ2) is 3.64. The minimum atomic E-state index is -3.18. The third-order valence-corrected chi connectivity index (χ3v) is 2.47. The van der Waals surface area contributed by atoms with Crippen LogP contribution >= 0.6 is 0 Å². The van der Waals surface area contributed by atoms with Crippen LogP contribution in [0.5, 0.6) is 0 Å². The van der Waals surface area contributed by atoms with Gasteiger partial charge in [0.1, 0.15) is 0 Å². The summed E-state index contributed by atoms with van der Waals surface area (Å²) in [5, 5.41) is 9.03. The molecule has 0 saturated heterocycles. The van der Waals surface area contributed by atoms with Crippen molar-refractivity contribution in [3.05, 3.63) is 0 Å². The maximum Gasteiger partial charge on any atom is 0.278 e. The van der Waals surface area contributed by atoms with Crippen molar-refractivity contribution in [3.63, 3.8) is 0 Å². The number of rotatable bonds is 2. The first kappa shape index (κ1) is 9.84. The zero-order chi connectivity index (χ0) is 9.19. The number of halogens is 3. The zero-order valence-electron chi connectivity index (χ0n) is 6.77. The van der Waals surface area contributed by atoms with Gasteiger partial charge in [-0.25, -0.2) is 13.2 Å². The third-order valence-electron chi connectivity index (χ3n) is 2.47. The number of hydrogen-bond donors (Lipinski definition) is 1. The zero-order valence-corrected chi connectivity index (χ0v) is 6.77. The van der Waals surface area contributed by atoms with Gasteiger partial charge >= 0.3 is 0 Å². The summed E-state index contributed by atoms with van der Waals surface area (Å²) in [5.41, 5.74) is 0. The van der Waals surface area contributed by atoms with Crippen LogP contribution in [0.25, 0.3) is 0 Å². The van der Waals surface area contributed by atoms with Crippen molar-refractivity contribution < 1.29 is 18.3 Å². The molecule has 0 spiro atoms. The fourth-order valence-corrected chi connectivity index (χ4v) is 1.61. The van der Waals surface area contributed by atoms with E-state index in [2.05, 4.69) is 0 Å². The minimum absolute atomic E-state index is 0.234. The molecule has 1 N–H and O–H groups in total. The number of aliphatic hydroxyl groups excluding tert-OH is 1. The Morgan fingerprint density at radius 1 is 1.17 bits per heavy atom. The first-order chi connectivity index (χ1) is 5.56. The quantitative estimate of drug-likeness (QED) is 0.693. The van der Waals surface area contributed by atoms with Gasteiger partial charge in [-0.3, -0.25) is 0 Å². The largest absolute Gasteiger partial charge is 0.393 e. The standard InChI is InChI=1S/C8H13F3O/c9-5-8(10,11)6-1-3-7(12)4-2-6/h6-7,12H,1-5H2. The second-order valence-electron chi connectivity index (χ2n) is 3.40. The molecule has 0 aromatic carbocycles. The van der Waals surface area contributed by atoms with Gasteiger partial charge in [-0.2, -0.15) is 0 Å². The summed E-state index contributed by atoms with van der Waals surface area (Å²) in [6.07, 6.45) is 0.758. The van der Waals surface area contributed by atoms with E-state index >= 15 is 0 Å². The average Bonchev–Trinajstić information content (AvgIpc) is 2.05. The van der Waals surface area contributed by atoms with E-state index in [1.54, 1.807) is 0 Å². The molecule has 1 aliphatic rings. The van der Waals surface area contributed by atoms with Crippen molar-refractivity contribution >= 4 is 0 Å². The normalized spacial score (nSPS) is 32.0. The summed E-state index contributed by atoms with van der Waals surface area (Å²) < 4.78 is 37.3. The van der Waals surface area contributed by atoms with Crippen molar-refractivity contribution in [1.82, 2.24) is 0 Å². The molecule has 0 aromatic rings. The molecule has 72 valence electrons. The van der Waals surface area contributed by atoms with Crippen LogP contribution in [0.4, 0.5) is 13.2 Å². The lowest BCUT2D eigenvalue weighted by molar-refractivity contribution is -0.0958. The average molecular weight is 182 g/mol. The molecule has 0 bridgehead atoms. The van der Waals surface area contributed by atoms with E-state index < -0.39 is 24.6 Å². The molecule has 0 atom stereocenters. The van der Waals surface area contributed by atoms with Crippen LogP contribution in [0.15, 0.2) is 0 Å². The van der Waals surface area contributed by atoms with Gasteiger partial charge in [0.05, 0.1) is 6.10 Å². The Bertz CT molecular complexity index is 141. The van der Waals surface area contributed by atoms with E-state index in [1.807, 2.05) is 0 Å². The summed E-state index contributed by atoms with van der Waals surface area (Å²) in [6.45, 7) is -1.58. The van der Waals surface area contributed by atoms with Crippen LogP contribution in [-0.4, -0.2) is 23.8 Å². The Morgan fingerprint density at radius 3 is 2.08 bits per heavy atom. The molecule has 1 rings (SSSR count). The van der Waals surface area contributed by atoms with E-state index in [-0.39, 0.29) is 12.8 Å². The minimum Gasteiger partial charge on any atom is -0.393 e. The van der Waals surface area contributed by atoms with Gasteiger partial charge < -0.3 is 5.11 Å². The van der Waals surface area contributed by atoms with Crippen LogP contribution in [-0.2, 0) is 0 Å². The summed E-state index contributed by atoms with van der Waals surface area (Å²) in [6, 6.07) is 0. The Kier molecular flexibility index (Phi) is 2.99. The number of hydrogen-bond acceptors (Lipinski definition) is 1. The van der Waals surface area contributed by atoms with E-state index in [0.717, 1.165) is 0 Å². The molecule has 0 radical (unpaired) electrons. The molecule has 0 aliphatic heterocycles. The molecular weight excluding hydrogens is 169 g/mol. The predicted octanol–water partition coefficient (Wildman–Crippen LogP) is 2.14. The molecule has 0 aromatic heterocycles. The molecule has 1 fully saturated rings. The Hall–Kier alpha value is -0.250. The van der Waals surface area contributed by atoms with Crippen molar-refractivity contribution in [1.29, 1.82) is 0 Å². The molecule has 1 saturated carbocycles. The summed E-state index contributed by atoms with van der Waals surface area (Å²) in [5.74, 6) is -4.05. The lowest BCUT2D eigenvalue weighted by atomic mass is 9.83. The van der Waals surface area contributed by atoms with Gasteiger partial charge in [-0.1, -0.05) is 0 Å². The van der Waals surface area contributed by atoms with Crippen LogP contribution < -0.4 is 0 Å². The fourth-order valence-electron chi connectivity index (χ4n) is 1.61. The highest BCUT2D eigenvalue weighted by atomic mass is 19.3. The highest BCUT2D eigenvalue weighted by Crippen LogP contribution is 2.36. The first-order valence-corrected chi connectivity index (χ1v) is 4.18. The van der Waals surface area contributed by atoms with E-state index in [1.165, 1.54) is 0 Å². The molecule has 12 heavy (non-hydrogen) atoms. The van der Waals surface area contributed by atoms with Crippen LogP contribution in [0, 0.1) is 5.92 Å². The van der Waals surface area contributed by atoms with E-state index in [9.17, 15) is 13.2 Å². The van der Waals surface area contributed by atoms with Crippen molar-refractivity contribution in [2.45, 2.75) is 37.7 Å². The molecular formula is C8H13F3O. The maximum atomic E-state index is 12.7. The number of alkyl halides is 3. The maximum absolute atomic E-state index is 12.7. The molecule has 0 heterocycles. The smallest absolute Gasteiger partial charge is 0.278 e. The van der Waals surface area contributed by atoms with Crippen LogP contribution in [0.1, 0.15) is 25.7 Å². The van der Waals surface area contributed by atoms with Gasteiger partial charge in [0, 0.05) is 5.92 Å².